The lowest BCUT2D eigenvalue weighted by Crippen LogP contribution is -2.22. The molecule has 0 radical (unpaired) electrons. The molecule has 1 unspecified atom stereocenters. The zero-order chi connectivity index (χ0) is 16.0. The van der Waals surface area contributed by atoms with E-state index in [2.05, 4.69) is 67.6 Å². The van der Waals surface area contributed by atoms with Crippen LogP contribution in [0.25, 0.3) is 11.1 Å². The first-order valence-corrected chi connectivity index (χ1v) is 9.31. The molecule has 23 heavy (non-hydrogen) atoms. The van der Waals surface area contributed by atoms with Crippen LogP contribution in [-0.4, -0.2) is 10.5 Å². The molecule has 114 valence electrons. The van der Waals surface area contributed by atoms with E-state index < -0.39 is 10.8 Å². The fourth-order valence-corrected chi connectivity index (χ4v) is 4.26. The molecule has 0 saturated carbocycles. The van der Waals surface area contributed by atoms with Gasteiger partial charge < -0.3 is 0 Å². The largest absolute Gasteiger partial charge is 0.255 e. The van der Waals surface area contributed by atoms with Crippen molar-refractivity contribution < 1.29 is 4.21 Å². The van der Waals surface area contributed by atoms with Crippen molar-refractivity contribution in [2.24, 2.45) is 0 Å². The highest BCUT2D eigenvalue weighted by Gasteiger charge is 2.40. The molecule has 1 atom stereocenters. The van der Waals surface area contributed by atoms with Gasteiger partial charge in [0.15, 0.2) is 0 Å². The van der Waals surface area contributed by atoms with Gasteiger partial charge in [-0.15, -0.1) is 0 Å². The van der Waals surface area contributed by atoms with Gasteiger partial charge >= 0.3 is 0 Å². The lowest BCUT2D eigenvalue weighted by atomic mass is 9.74. The Morgan fingerprint density at radius 1 is 0.739 bits per heavy atom. The second-order valence-electron chi connectivity index (χ2n) is 6.19. The highest BCUT2D eigenvalue weighted by molar-refractivity contribution is 7.84. The first kappa shape index (κ1) is 14.4. The molecule has 4 rings (SSSR count). The summed E-state index contributed by atoms with van der Waals surface area (Å²) in [6.45, 7) is 2.29. The van der Waals surface area contributed by atoms with Crippen molar-refractivity contribution in [3.8, 4) is 11.1 Å². The average molecular weight is 318 g/mol. The first-order chi connectivity index (χ1) is 11.1. The minimum absolute atomic E-state index is 0.166. The first-order valence-electron chi connectivity index (χ1n) is 7.76. The third-order valence-corrected chi connectivity index (χ3v) is 5.92. The van der Waals surface area contributed by atoms with Crippen LogP contribution in [0.3, 0.4) is 0 Å². The summed E-state index contributed by atoms with van der Waals surface area (Å²) in [6.07, 6.45) is 1.72. The van der Waals surface area contributed by atoms with Crippen molar-refractivity contribution in [2.45, 2.75) is 17.2 Å². The minimum atomic E-state index is -0.943. The van der Waals surface area contributed by atoms with Crippen molar-refractivity contribution in [2.75, 3.05) is 6.26 Å². The van der Waals surface area contributed by atoms with Crippen molar-refractivity contribution in [1.29, 1.82) is 0 Å². The quantitative estimate of drug-likeness (QED) is 0.666. The van der Waals surface area contributed by atoms with Crippen LogP contribution >= 0.6 is 0 Å². The Labute approximate surface area is 139 Å². The zero-order valence-corrected chi connectivity index (χ0v) is 14.1. The van der Waals surface area contributed by atoms with Gasteiger partial charge in [-0.2, -0.15) is 0 Å². The van der Waals surface area contributed by atoms with Crippen LogP contribution in [0.1, 0.15) is 23.6 Å². The summed E-state index contributed by atoms with van der Waals surface area (Å²) in [5, 5.41) is 0. The maximum absolute atomic E-state index is 11.7. The van der Waals surface area contributed by atoms with Crippen LogP contribution in [-0.2, 0) is 16.2 Å². The molecule has 0 spiro atoms. The van der Waals surface area contributed by atoms with Gasteiger partial charge in [0.25, 0.3) is 0 Å². The molecule has 0 bridgehead atoms. The Morgan fingerprint density at radius 3 is 1.70 bits per heavy atom. The monoisotopic (exact) mass is 318 g/mol. The van der Waals surface area contributed by atoms with E-state index in [1.54, 1.807) is 6.26 Å². The Hall–Kier alpha value is -2.19. The van der Waals surface area contributed by atoms with Gasteiger partial charge in [0.05, 0.1) is 0 Å². The molecule has 3 aromatic rings. The maximum atomic E-state index is 11.7. The molecule has 0 aromatic heterocycles. The molecule has 0 aliphatic heterocycles. The zero-order valence-electron chi connectivity index (χ0n) is 13.2. The summed E-state index contributed by atoms with van der Waals surface area (Å²) in [5.41, 5.74) is 6.38. The van der Waals surface area contributed by atoms with E-state index in [1.165, 1.54) is 27.8 Å². The van der Waals surface area contributed by atoms with Crippen LogP contribution in [0.4, 0.5) is 0 Å². The van der Waals surface area contributed by atoms with Gasteiger partial charge in [-0.25, -0.2) is 0 Å². The van der Waals surface area contributed by atoms with Crippen molar-refractivity contribution in [3.63, 3.8) is 0 Å². The van der Waals surface area contributed by atoms with Crippen LogP contribution in [0.2, 0.25) is 0 Å². The van der Waals surface area contributed by atoms with Crippen molar-refractivity contribution in [3.05, 3.63) is 89.5 Å². The SMILES string of the molecule is CS(=O)c1ccc(C2(C)c3ccccc3-c3ccccc32)cc1. The molecule has 1 aliphatic carbocycles. The predicted octanol–water partition coefficient (Wildman–Crippen LogP) is 4.76. The summed E-state index contributed by atoms with van der Waals surface area (Å²) in [5.74, 6) is 0. The number of fused-ring (bicyclic) bond motifs is 3. The number of rotatable bonds is 2. The Bertz CT molecular complexity index is 864. The fraction of sp³-hybridized carbons (Fsp3) is 0.143. The Morgan fingerprint density at radius 2 is 1.22 bits per heavy atom. The summed E-state index contributed by atoms with van der Waals surface area (Å²) < 4.78 is 11.7. The third-order valence-electron chi connectivity index (χ3n) is 4.99. The van der Waals surface area contributed by atoms with Gasteiger partial charge in [0, 0.05) is 27.4 Å². The van der Waals surface area contributed by atoms with Gasteiger partial charge in [-0.05, 0) is 46.9 Å². The molecule has 1 aliphatic rings. The van der Waals surface area contributed by atoms with Crippen LogP contribution in [0, 0.1) is 0 Å². The Kier molecular flexibility index (Phi) is 3.24. The molecule has 0 N–H and O–H groups in total. The lowest BCUT2D eigenvalue weighted by Gasteiger charge is -2.28. The van der Waals surface area contributed by atoms with E-state index in [0.717, 1.165) is 4.90 Å². The molecule has 0 heterocycles. The third kappa shape index (κ3) is 2.02. The van der Waals surface area contributed by atoms with Crippen LogP contribution < -0.4 is 0 Å². The fourth-order valence-electron chi connectivity index (χ4n) is 3.74. The van der Waals surface area contributed by atoms with E-state index >= 15 is 0 Å². The highest BCUT2D eigenvalue weighted by Crippen LogP contribution is 2.51. The molecule has 0 amide bonds. The summed E-state index contributed by atoms with van der Waals surface area (Å²) >= 11 is 0. The molecule has 0 saturated heterocycles. The molecule has 0 fully saturated rings. The van der Waals surface area contributed by atoms with Gasteiger partial charge in [0.2, 0.25) is 0 Å². The van der Waals surface area contributed by atoms with Crippen LogP contribution in [0.5, 0.6) is 0 Å². The van der Waals surface area contributed by atoms with E-state index in [0.29, 0.717) is 0 Å². The van der Waals surface area contributed by atoms with E-state index in [1.807, 2.05) is 12.1 Å². The normalized spacial score (nSPS) is 15.7. The number of benzene rings is 3. The maximum Gasteiger partial charge on any atom is 0.0498 e. The van der Waals surface area contributed by atoms with Gasteiger partial charge in [-0.1, -0.05) is 60.7 Å². The minimum Gasteiger partial charge on any atom is -0.255 e. The standard InChI is InChI=1S/C21H18OS/c1-21(15-11-13-16(14-12-15)23(2)22)19-9-5-3-7-17(19)18-8-4-6-10-20(18)21/h3-14H,1-2H3. The highest BCUT2D eigenvalue weighted by atomic mass is 32.2. The summed E-state index contributed by atoms with van der Waals surface area (Å²) in [6, 6.07) is 25.5. The van der Waals surface area contributed by atoms with E-state index in [9.17, 15) is 4.21 Å². The second-order valence-corrected chi connectivity index (χ2v) is 7.57. The smallest absolute Gasteiger partial charge is 0.0498 e. The molecular weight excluding hydrogens is 300 g/mol. The Balaban J connectivity index is 1.98. The predicted molar refractivity (Wildman–Crippen MR) is 96.2 cm³/mol. The van der Waals surface area contributed by atoms with Gasteiger partial charge in [-0.3, -0.25) is 4.21 Å². The lowest BCUT2D eigenvalue weighted by molar-refractivity contribution is 0.686. The molecular formula is C21H18OS. The number of hydrogen-bond acceptors (Lipinski definition) is 1. The van der Waals surface area contributed by atoms with Crippen LogP contribution in [0.15, 0.2) is 77.7 Å². The topological polar surface area (TPSA) is 17.1 Å². The van der Waals surface area contributed by atoms with Crippen molar-refractivity contribution >= 4 is 10.8 Å². The van der Waals surface area contributed by atoms with Crippen molar-refractivity contribution in [1.82, 2.24) is 0 Å². The average Bonchev–Trinajstić information content (AvgIpc) is 2.86. The second kappa shape index (κ2) is 5.17. The molecule has 1 nitrogen and oxygen atoms in total. The molecule has 3 aromatic carbocycles. The summed E-state index contributed by atoms with van der Waals surface area (Å²) in [7, 11) is -0.943. The van der Waals surface area contributed by atoms with E-state index in [-0.39, 0.29) is 5.41 Å². The summed E-state index contributed by atoms with van der Waals surface area (Å²) in [4.78, 5) is 0.872. The van der Waals surface area contributed by atoms with Gasteiger partial charge in [0.1, 0.15) is 0 Å². The number of hydrogen-bond donors (Lipinski definition) is 0. The van der Waals surface area contributed by atoms with E-state index in [4.69, 9.17) is 0 Å². The molecule has 2 heteroatoms.